The van der Waals surface area contributed by atoms with Crippen LogP contribution in [0, 0.1) is 11.6 Å². The number of nitrogens with one attached hydrogen (secondary N) is 3. The number of nitrogens with zero attached hydrogens (tertiary/aromatic N) is 5. The monoisotopic (exact) mass is 524 g/mol. The molecule has 1 amide bonds. The third-order valence-corrected chi connectivity index (χ3v) is 6.36. The number of hydrogen-bond donors (Lipinski definition) is 3. The second-order valence-corrected chi connectivity index (χ2v) is 9.05. The second-order valence-electron chi connectivity index (χ2n) is 9.05. The van der Waals surface area contributed by atoms with Crippen molar-refractivity contribution in [3.05, 3.63) is 72.8 Å². The van der Waals surface area contributed by atoms with E-state index in [4.69, 9.17) is 0 Å². The lowest BCUT2D eigenvalue weighted by Gasteiger charge is -2.08. The van der Waals surface area contributed by atoms with Crippen LogP contribution in [0.4, 0.5) is 14.5 Å². The van der Waals surface area contributed by atoms with Crippen molar-refractivity contribution in [2.75, 3.05) is 5.32 Å². The molecule has 194 valence electrons. The fourth-order valence-corrected chi connectivity index (χ4v) is 4.46. The molecule has 5 aromatic heterocycles. The zero-order valence-electron chi connectivity index (χ0n) is 20.8. The predicted octanol–water partition coefficient (Wildman–Crippen LogP) is 6.03. The van der Waals surface area contributed by atoms with E-state index in [2.05, 4.69) is 40.4 Å². The number of carbonyl (C=O) groups excluding carboxylic acids is 1. The van der Waals surface area contributed by atoms with E-state index in [0.717, 1.165) is 12.8 Å². The maximum absolute atomic E-state index is 16.0. The highest BCUT2D eigenvalue weighted by Crippen LogP contribution is 2.34. The van der Waals surface area contributed by atoms with Gasteiger partial charge in [-0.05, 0) is 36.2 Å². The average molecular weight is 525 g/mol. The van der Waals surface area contributed by atoms with Crippen molar-refractivity contribution in [1.82, 2.24) is 35.1 Å². The molecule has 0 aliphatic heterocycles. The summed E-state index contributed by atoms with van der Waals surface area (Å²) in [6, 6.07) is 9.57. The van der Waals surface area contributed by atoms with E-state index in [0.29, 0.717) is 40.0 Å². The van der Waals surface area contributed by atoms with Crippen molar-refractivity contribution in [1.29, 1.82) is 0 Å². The van der Waals surface area contributed by atoms with E-state index < -0.39 is 5.82 Å². The van der Waals surface area contributed by atoms with Gasteiger partial charge in [0.05, 0.1) is 17.3 Å². The SMILES string of the molecule is CCCCC(=O)Nc1cncc(-c2cnc3[nH]nc(-c4nc5c(-c6cccc(F)c6)ccnc5[nH]4)c3c2F)c1. The van der Waals surface area contributed by atoms with Crippen molar-refractivity contribution in [3.63, 3.8) is 0 Å². The van der Waals surface area contributed by atoms with Crippen LogP contribution in [0.3, 0.4) is 0 Å². The first-order valence-electron chi connectivity index (χ1n) is 12.4. The number of anilines is 1. The third kappa shape index (κ3) is 4.58. The van der Waals surface area contributed by atoms with Crippen LogP contribution in [0.1, 0.15) is 26.2 Å². The molecule has 0 spiro atoms. The molecule has 5 heterocycles. The summed E-state index contributed by atoms with van der Waals surface area (Å²) in [6.07, 6.45) is 8.08. The van der Waals surface area contributed by atoms with Crippen molar-refractivity contribution < 1.29 is 13.6 Å². The smallest absolute Gasteiger partial charge is 0.224 e. The molecular formula is C28H22F2N8O. The highest BCUT2D eigenvalue weighted by atomic mass is 19.1. The summed E-state index contributed by atoms with van der Waals surface area (Å²) in [4.78, 5) is 32.8. The molecule has 6 aromatic rings. The summed E-state index contributed by atoms with van der Waals surface area (Å²) in [5.74, 6) is -0.788. The second kappa shape index (κ2) is 10.0. The van der Waals surface area contributed by atoms with Crippen molar-refractivity contribution in [2.24, 2.45) is 0 Å². The predicted molar refractivity (Wildman–Crippen MR) is 144 cm³/mol. The fourth-order valence-electron chi connectivity index (χ4n) is 4.46. The van der Waals surface area contributed by atoms with Gasteiger partial charge in [0.2, 0.25) is 5.91 Å². The number of pyridine rings is 3. The van der Waals surface area contributed by atoms with E-state index in [1.807, 2.05) is 6.92 Å². The summed E-state index contributed by atoms with van der Waals surface area (Å²) in [5, 5.41) is 9.97. The molecule has 3 N–H and O–H groups in total. The molecule has 1 aromatic carbocycles. The number of H-pyrrole nitrogens is 2. The highest BCUT2D eigenvalue weighted by molar-refractivity contribution is 5.97. The first-order valence-corrected chi connectivity index (χ1v) is 12.4. The standard InChI is InChI=1S/C28H22F2N8O/c1-2-3-7-21(39)34-18-11-16(12-31-13-18)20-14-33-26-22(23(20)30)25(37-38-26)28-35-24-19(8-9-32-27(24)36-28)15-5-4-6-17(29)10-15/h4-6,8-14H,2-3,7H2,1H3,(H,34,39)(H,32,35,36)(H,33,37,38). The summed E-state index contributed by atoms with van der Waals surface area (Å²) in [7, 11) is 0. The Balaban J connectivity index is 1.41. The Hall–Kier alpha value is -5.06. The number of rotatable bonds is 7. The van der Waals surface area contributed by atoms with Crippen LogP contribution in [-0.4, -0.2) is 41.0 Å². The van der Waals surface area contributed by atoms with Gasteiger partial charge in [-0.15, -0.1) is 0 Å². The number of hydrogen-bond acceptors (Lipinski definition) is 6. The Morgan fingerprint density at radius 1 is 1.00 bits per heavy atom. The molecular weight excluding hydrogens is 502 g/mol. The quantitative estimate of drug-likeness (QED) is 0.234. The topological polar surface area (TPSA) is 125 Å². The molecule has 0 aliphatic carbocycles. The molecule has 0 bridgehead atoms. The minimum absolute atomic E-state index is 0.127. The van der Waals surface area contributed by atoms with Crippen molar-refractivity contribution in [3.8, 4) is 33.8 Å². The van der Waals surface area contributed by atoms with Crippen LogP contribution in [-0.2, 0) is 4.79 Å². The molecule has 39 heavy (non-hydrogen) atoms. The largest absolute Gasteiger partial charge is 0.325 e. The van der Waals surface area contributed by atoms with Crippen LogP contribution >= 0.6 is 0 Å². The van der Waals surface area contributed by atoms with E-state index in [-0.39, 0.29) is 39.8 Å². The highest BCUT2D eigenvalue weighted by Gasteiger charge is 2.22. The zero-order valence-corrected chi connectivity index (χ0v) is 20.8. The van der Waals surface area contributed by atoms with Gasteiger partial charge in [-0.25, -0.2) is 23.7 Å². The van der Waals surface area contributed by atoms with Gasteiger partial charge >= 0.3 is 0 Å². The van der Waals surface area contributed by atoms with Crippen LogP contribution in [0.25, 0.3) is 56.0 Å². The number of aromatic nitrogens is 7. The molecule has 0 unspecified atom stereocenters. The van der Waals surface area contributed by atoms with Gasteiger partial charge in [0.25, 0.3) is 0 Å². The van der Waals surface area contributed by atoms with E-state index >= 15 is 4.39 Å². The summed E-state index contributed by atoms with van der Waals surface area (Å²) in [6.45, 7) is 2.01. The van der Waals surface area contributed by atoms with Gasteiger partial charge in [0.1, 0.15) is 22.8 Å². The first-order chi connectivity index (χ1) is 19.0. The minimum atomic E-state index is -0.571. The first kappa shape index (κ1) is 24.3. The Labute approximate surface area is 220 Å². The number of amides is 1. The Morgan fingerprint density at radius 2 is 1.90 bits per heavy atom. The van der Waals surface area contributed by atoms with Gasteiger partial charge < -0.3 is 10.3 Å². The minimum Gasteiger partial charge on any atom is -0.325 e. The third-order valence-electron chi connectivity index (χ3n) is 6.36. The van der Waals surface area contributed by atoms with Crippen LogP contribution in [0.2, 0.25) is 0 Å². The summed E-state index contributed by atoms with van der Waals surface area (Å²) in [5.41, 5.74) is 3.81. The van der Waals surface area contributed by atoms with Gasteiger partial charge in [-0.2, -0.15) is 5.10 Å². The van der Waals surface area contributed by atoms with E-state index in [9.17, 15) is 9.18 Å². The molecule has 9 nitrogen and oxygen atoms in total. The fraction of sp³-hybridized carbons (Fsp3) is 0.143. The molecule has 6 rings (SSSR count). The Bertz CT molecular complexity index is 1840. The molecule has 0 aliphatic rings. The Morgan fingerprint density at radius 3 is 2.74 bits per heavy atom. The lowest BCUT2D eigenvalue weighted by molar-refractivity contribution is -0.116. The van der Waals surface area contributed by atoms with Gasteiger partial charge in [-0.1, -0.05) is 25.5 Å². The number of unbranched alkanes of at least 4 members (excludes halogenated alkanes) is 1. The van der Waals surface area contributed by atoms with Gasteiger partial charge in [0, 0.05) is 41.7 Å². The molecule has 0 saturated carbocycles. The maximum atomic E-state index is 16.0. The number of halogens is 2. The van der Waals surface area contributed by atoms with E-state index in [1.54, 1.807) is 30.5 Å². The van der Waals surface area contributed by atoms with Gasteiger partial charge in [0.15, 0.2) is 17.1 Å². The lowest BCUT2D eigenvalue weighted by Crippen LogP contribution is -2.11. The normalized spacial score (nSPS) is 11.4. The average Bonchev–Trinajstić information content (AvgIpc) is 3.57. The molecule has 0 radical (unpaired) electrons. The van der Waals surface area contributed by atoms with Crippen molar-refractivity contribution in [2.45, 2.75) is 26.2 Å². The number of aromatic amines is 2. The summed E-state index contributed by atoms with van der Waals surface area (Å²) >= 11 is 0. The molecule has 0 saturated heterocycles. The summed E-state index contributed by atoms with van der Waals surface area (Å²) < 4.78 is 29.9. The molecule has 0 fully saturated rings. The molecule has 11 heteroatoms. The van der Waals surface area contributed by atoms with Crippen LogP contribution in [0.5, 0.6) is 0 Å². The lowest BCUT2D eigenvalue weighted by atomic mass is 10.1. The number of imidazole rings is 1. The Kier molecular flexibility index (Phi) is 6.23. The maximum Gasteiger partial charge on any atom is 0.224 e. The number of carbonyl (C=O) groups is 1. The van der Waals surface area contributed by atoms with Crippen LogP contribution < -0.4 is 5.32 Å². The number of benzene rings is 1. The number of fused-ring (bicyclic) bond motifs is 2. The van der Waals surface area contributed by atoms with Gasteiger partial charge in [-0.3, -0.25) is 14.9 Å². The van der Waals surface area contributed by atoms with E-state index in [1.165, 1.54) is 30.7 Å². The van der Waals surface area contributed by atoms with Crippen molar-refractivity contribution >= 4 is 33.8 Å². The zero-order chi connectivity index (χ0) is 26.9. The van der Waals surface area contributed by atoms with Crippen LogP contribution in [0.15, 0.2) is 61.2 Å². The molecule has 0 atom stereocenters.